The minimum atomic E-state index is -0.232. The molecule has 1 amide bonds. The van der Waals surface area contributed by atoms with Crippen molar-refractivity contribution in [1.82, 2.24) is 14.7 Å². The molecule has 0 saturated carbocycles. The highest BCUT2D eigenvalue weighted by Gasteiger charge is 2.23. The van der Waals surface area contributed by atoms with Crippen molar-refractivity contribution in [2.75, 3.05) is 25.0 Å². The molecule has 0 aliphatic carbocycles. The van der Waals surface area contributed by atoms with Gasteiger partial charge in [0, 0.05) is 20.1 Å². The van der Waals surface area contributed by atoms with Crippen molar-refractivity contribution in [2.45, 2.75) is 19.3 Å². The molecule has 138 valence electrons. The fourth-order valence-corrected chi connectivity index (χ4v) is 3.75. The number of nitrogens with zero attached hydrogens (tertiary/aromatic N) is 3. The van der Waals surface area contributed by atoms with Gasteiger partial charge in [-0.3, -0.25) is 9.59 Å². The van der Waals surface area contributed by atoms with Gasteiger partial charge in [-0.1, -0.05) is 30.3 Å². The van der Waals surface area contributed by atoms with E-state index in [1.807, 2.05) is 11.0 Å². The quantitative estimate of drug-likeness (QED) is 0.809. The first-order valence-corrected chi connectivity index (χ1v) is 9.61. The smallest absolute Gasteiger partial charge is 0.282 e. The van der Waals surface area contributed by atoms with Gasteiger partial charge in [-0.2, -0.15) is 5.10 Å². The predicted molar refractivity (Wildman–Crippen MR) is 105 cm³/mol. The first kappa shape index (κ1) is 18.6. The van der Waals surface area contributed by atoms with Gasteiger partial charge in [0.1, 0.15) is 4.47 Å². The van der Waals surface area contributed by atoms with E-state index in [0.717, 1.165) is 32.4 Å². The molecule has 1 saturated heterocycles. The Labute approximate surface area is 161 Å². The second kappa shape index (κ2) is 8.49. The van der Waals surface area contributed by atoms with Crippen molar-refractivity contribution >= 4 is 27.5 Å². The average Bonchev–Trinajstić information content (AvgIpc) is 2.67. The standard InChI is InChI=1S/C19H23BrN4O2/c1-23-19(26)18(20)16(12-22-23)21-13-17(25)24-9-7-15(8-10-24)11-14-5-3-2-4-6-14/h2-6,12,15,21H,7-11,13H2,1H3. The summed E-state index contributed by atoms with van der Waals surface area (Å²) in [5, 5.41) is 6.98. The number of anilines is 1. The number of benzene rings is 1. The summed E-state index contributed by atoms with van der Waals surface area (Å²) in [6, 6.07) is 10.5. The lowest BCUT2D eigenvalue weighted by molar-refractivity contribution is -0.130. The highest BCUT2D eigenvalue weighted by Crippen LogP contribution is 2.22. The lowest BCUT2D eigenvalue weighted by atomic mass is 9.90. The van der Waals surface area contributed by atoms with E-state index in [1.165, 1.54) is 10.2 Å². The zero-order chi connectivity index (χ0) is 18.5. The minimum absolute atomic E-state index is 0.0516. The van der Waals surface area contributed by atoms with Crippen molar-refractivity contribution in [3.05, 3.63) is 56.9 Å². The molecule has 2 aromatic rings. The molecule has 26 heavy (non-hydrogen) atoms. The number of aromatic nitrogens is 2. The van der Waals surface area contributed by atoms with E-state index in [1.54, 1.807) is 13.2 Å². The second-order valence-corrected chi connectivity index (χ2v) is 7.46. The van der Waals surface area contributed by atoms with Crippen molar-refractivity contribution in [3.8, 4) is 0 Å². The van der Waals surface area contributed by atoms with Crippen LogP contribution in [0.4, 0.5) is 5.69 Å². The molecule has 0 bridgehead atoms. The molecular weight excluding hydrogens is 396 g/mol. The molecule has 7 heteroatoms. The average molecular weight is 419 g/mol. The summed E-state index contributed by atoms with van der Waals surface area (Å²) in [6.07, 6.45) is 4.67. The van der Waals surface area contributed by atoms with Gasteiger partial charge >= 0.3 is 0 Å². The molecule has 1 fully saturated rings. The summed E-state index contributed by atoms with van der Waals surface area (Å²) in [4.78, 5) is 26.2. The Kier molecular flexibility index (Phi) is 6.08. The lowest BCUT2D eigenvalue weighted by Gasteiger charge is -2.32. The molecule has 1 N–H and O–H groups in total. The van der Waals surface area contributed by atoms with Gasteiger partial charge in [0.25, 0.3) is 5.56 Å². The summed E-state index contributed by atoms with van der Waals surface area (Å²) in [5.74, 6) is 0.681. The van der Waals surface area contributed by atoms with E-state index in [0.29, 0.717) is 16.1 Å². The van der Waals surface area contributed by atoms with Crippen molar-refractivity contribution in [3.63, 3.8) is 0 Å². The Morgan fingerprint density at radius 1 is 1.27 bits per heavy atom. The van der Waals surface area contributed by atoms with Crippen LogP contribution in [0.3, 0.4) is 0 Å². The number of hydrogen-bond acceptors (Lipinski definition) is 4. The maximum absolute atomic E-state index is 12.4. The van der Waals surface area contributed by atoms with Gasteiger partial charge in [0.2, 0.25) is 5.91 Å². The first-order valence-electron chi connectivity index (χ1n) is 8.82. The highest BCUT2D eigenvalue weighted by atomic mass is 79.9. The van der Waals surface area contributed by atoms with Gasteiger partial charge in [-0.05, 0) is 46.7 Å². The zero-order valence-electron chi connectivity index (χ0n) is 14.8. The van der Waals surface area contributed by atoms with Crippen LogP contribution >= 0.6 is 15.9 Å². The molecule has 6 nitrogen and oxygen atoms in total. The highest BCUT2D eigenvalue weighted by molar-refractivity contribution is 9.10. The summed E-state index contributed by atoms with van der Waals surface area (Å²) >= 11 is 3.26. The predicted octanol–water partition coefficient (Wildman–Crippen LogP) is 2.44. The molecule has 0 unspecified atom stereocenters. The monoisotopic (exact) mass is 418 g/mol. The number of rotatable bonds is 5. The molecule has 1 aliphatic heterocycles. The number of carbonyl (C=O) groups is 1. The molecular formula is C19H23BrN4O2. The van der Waals surface area contributed by atoms with Crippen molar-refractivity contribution in [2.24, 2.45) is 13.0 Å². The first-order chi connectivity index (χ1) is 12.5. The molecule has 0 radical (unpaired) electrons. The van der Waals surface area contributed by atoms with Gasteiger partial charge in [0.15, 0.2) is 0 Å². The summed E-state index contributed by atoms with van der Waals surface area (Å²) < 4.78 is 1.64. The van der Waals surface area contributed by atoms with E-state index in [4.69, 9.17) is 0 Å². The number of halogens is 1. The molecule has 1 aromatic carbocycles. The van der Waals surface area contributed by atoms with Gasteiger partial charge in [0.05, 0.1) is 18.4 Å². The van der Waals surface area contributed by atoms with E-state index < -0.39 is 0 Å². The second-order valence-electron chi connectivity index (χ2n) is 6.67. The van der Waals surface area contributed by atoms with E-state index in [-0.39, 0.29) is 18.0 Å². The fourth-order valence-electron chi connectivity index (χ4n) is 3.25. The number of aryl methyl sites for hydroxylation is 1. The summed E-state index contributed by atoms with van der Waals surface area (Å²) in [6.45, 7) is 1.73. The van der Waals surface area contributed by atoms with Gasteiger partial charge in [-0.15, -0.1) is 0 Å². The van der Waals surface area contributed by atoms with Gasteiger partial charge in [-0.25, -0.2) is 4.68 Å². The van der Waals surface area contributed by atoms with Crippen LogP contribution in [0.1, 0.15) is 18.4 Å². The number of nitrogens with one attached hydrogen (secondary N) is 1. The molecule has 0 atom stereocenters. The van der Waals surface area contributed by atoms with Crippen molar-refractivity contribution < 1.29 is 4.79 Å². The Balaban J connectivity index is 1.48. The topological polar surface area (TPSA) is 67.2 Å². The number of likely N-dealkylation sites (tertiary alicyclic amines) is 1. The molecule has 3 rings (SSSR count). The van der Waals surface area contributed by atoms with Gasteiger partial charge < -0.3 is 10.2 Å². The lowest BCUT2D eigenvalue weighted by Crippen LogP contribution is -2.41. The van der Waals surface area contributed by atoms with Crippen LogP contribution in [-0.4, -0.2) is 40.2 Å². The van der Waals surface area contributed by atoms with Crippen LogP contribution in [-0.2, 0) is 18.3 Å². The van der Waals surface area contributed by atoms with E-state index in [2.05, 4.69) is 50.6 Å². The third-order valence-electron chi connectivity index (χ3n) is 4.84. The maximum atomic E-state index is 12.4. The van der Waals surface area contributed by atoms with E-state index in [9.17, 15) is 9.59 Å². The number of hydrogen-bond donors (Lipinski definition) is 1. The SMILES string of the molecule is Cn1ncc(NCC(=O)N2CCC(Cc3ccccc3)CC2)c(Br)c1=O. The van der Waals surface area contributed by atoms with Crippen LogP contribution in [0.2, 0.25) is 0 Å². The number of carbonyl (C=O) groups excluding carboxylic acids is 1. The maximum Gasteiger partial charge on any atom is 0.282 e. The largest absolute Gasteiger partial charge is 0.374 e. The third kappa shape index (κ3) is 4.52. The minimum Gasteiger partial charge on any atom is -0.374 e. The molecule has 1 aromatic heterocycles. The van der Waals surface area contributed by atoms with E-state index >= 15 is 0 Å². The number of amides is 1. The molecule has 0 spiro atoms. The van der Waals surface area contributed by atoms with Crippen LogP contribution in [0, 0.1) is 5.92 Å². The third-order valence-corrected chi connectivity index (χ3v) is 5.61. The van der Waals surface area contributed by atoms with Crippen LogP contribution in [0.25, 0.3) is 0 Å². The summed E-state index contributed by atoms with van der Waals surface area (Å²) in [7, 11) is 1.58. The van der Waals surface area contributed by atoms with Crippen molar-refractivity contribution in [1.29, 1.82) is 0 Å². The normalized spacial score (nSPS) is 15.1. The van der Waals surface area contributed by atoms with Crippen LogP contribution < -0.4 is 10.9 Å². The molecule has 1 aliphatic rings. The molecule has 2 heterocycles. The Morgan fingerprint density at radius 2 is 1.96 bits per heavy atom. The van der Waals surface area contributed by atoms with Crippen LogP contribution in [0.15, 0.2) is 45.8 Å². The number of piperidine rings is 1. The fraction of sp³-hybridized carbons (Fsp3) is 0.421. The Morgan fingerprint density at radius 3 is 2.65 bits per heavy atom. The summed E-state index contributed by atoms with van der Waals surface area (Å²) in [5.41, 5.74) is 1.67. The Bertz CT molecular complexity index is 814. The Hall–Kier alpha value is -2.15. The zero-order valence-corrected chi connectivity index (χ0v) is 16.4. The van der Waals surface area contributed by atoms with Crippen LogP contribution in [0.5, 0.6) is 0 Å².